The topological polar surface area (TPSA) is 46.9 Å². The van der Waals surface area contributed by atoms with Gasteiger partial charge >= 0.3 is 0 Å². The Bertz CT molecular complexity index is 923. The highest BCUT2D eigenvalue weighted by Crippen LogP contribution is 2.28. The number of aromatic nitrogens is 2. The van der Waals surface area contributed by atoms with Crippen molar-refractivity contribution in [3.05, 3.63) is 63.9 Å². The second-order valence-corrected chi connectivity index (χ2v) is 6.96. The lowest BCUT2D eigenvalue weighted by Crippen LogP contribution is -2.24. The number of para-hydroxylation sites is 1. The number of nitrogens with one attached hydrogen (secondary N) is 1. The fraction of sp³-hybridized carbons (Fsp3) is 0.176. The van der Waals surface area contributed by atoms with Crippen molar-refractivity contribution < 1.29 is 0 Å². The minimum absolute atomic E-state index is 0.0253. The van der Waals surface area contributed by atoms with E-state index in [1.165, 1.54) is 0 Å². The van der Waals surface area contributed by atoms with E-state index in [1.807, 2.05) is 48.5 Å². The van der Waals surface area contributed by atoms with Gasteiger partial charge in [-0.25, -0.2) is 4.98 Å². The molecule has 2 heterocycles. The molecule has 0 fully saturated rings. The lowest BCUT2D eigenvalue weighted by atomic mass is 10.2. The monoisotopic (exact) mass is 343 g/mol. The van der Waals surface area contributed by atoms with Crippen molar-refractivity contribution in [1.82, 2.24) is 9.55 Å². The molecule has 0 saturated heterocycles. The van der Waals surface area contributed by atoms with Crippen LogP contribution in [0.25, 0.3) is 10.9 Å². The summed E-state index contributed by atoms with van der Waals surface area (Å²) in [4.78, 5) is 18.4. The minimum atomic E-state index is 0.0253. The number of hydrogen-bond donors (Lipinski definition) is 1. The number of anilines is 1. The average Bonchev–Trinajstić information content (AvgIpc) is 2.98. The minimum Gasteiger partial charge on any atom is -0.353 e. The van der Waals surface area contributed by atoms with Crippen LogP contribution in [-0.4, -0.2) is 21.8 Å². The molecule has 1 aromatic heterocycles. The van der Waals surface area contributed by atoms with E-state index in [4.69, 9.17) is 11.6 Å². The summed E-state index contributed by atoms with van der Waals surface area (Å²) in [6.07, 6.45) is 0. The number of halogens is 1. The maximum absolute atomic E-state index is 12.7. The van der Waals surface area contributed by atoms with Gasteiger partial charge in [-0.1, -0.05) is 23.7 Å². The number of hydrogen-bond acceptors (Lipinski definition) is 4. The van der Waals surface area contributed by atoms with E-state index in [1.54, 1.807) is 16.3 Å². The zero-order chi connectivity index (χ0) is 15.8. The Morgan fingerprint density at radius 2 is 2.00 bits per heavy atom. The molecule has 2 aromatic carbocycles. The highest BCUT2D eigenvalue weighted by molar-refractivity contribution is 7.99. The van der Waals surface area contributed by atoms with Gasteiger partial charge in [-0.2, -0.15) is 0 Å². The normalized spacial score (nSPS) is 16.3. The predicted molar refractivity (Wildman–Crippen MR) is 95.7 cm³/mol. The van der Waals surface area contributed by atoms with Crippen molar-refractivity contribution in [2.24, 2.45) is 0 Å². The number of thioether (sulfide) groups is 1. The molecule has 0 radical (unpaired) electrons. The highest BCUT2D eigenvalue weighted by Gasteiger charge is 2.25. The van der Waals surface area contributed by atoms with Gasteiger partial charge in [0.15, 0.2) is 0 Å². The Morgan fingerprint density at radius 3 is 2.83 bits per heavy atom. The van der Waals surface area contributed by atoms with Gasteiger partial charge in [0, 0.05) is 22.2 Å². The SMILES string of the molecule is O=c1c2ccccc2nc2n1[C@H](CSc1ccc(Cl)cc1)CN2. The van der Waals surface area contributed by atoms with Crippen LogP contribution in [0.1, 0.15) is 6.04 Å². The van der Waals surface area contributed by atoms with Gasteiger partial charge in [-0.05, 0) is 36.4 Å². The second-order valence-electron chi connectivity index (χ2n) is 5.43. The molecule has 1 aliphatic heterocycles. The summed E-state index contributed by atoms with van der Waals surface area (Å²) >= 11 is 7.63. The molecule has 0 spiro atoms. The van der Waals surface area contributed by atoms with Crippen LogP contribution in [0.15, 0.2) is 58.2 Å². The second kappa shape index (κ2) is 5.91. The van der Waals surface area contributed by atoms with E-state index >= 15 is 0 Å². The molecule has 1 aliphatic rings. The van der Waals surface area contributed by atoms with E-state index in [9.17, 15) is 4.79 Å². The van der Waals surface area contributed by atoms with E-state index in [0.29, 0.717) is 11.3 Å². The molecule has 0 bridgehead atoms. The van der Waals surface area contributed by atoms with E-state index < -0.39 is 0 Å². The first-order chi connectivity index (χ1) is 11.2. The van der Waals surface area contributed by atoms with Gasteiger partial charge in [0.1, 0.15) is 0 Å². The maximum Gasteiger partial charge on any atom is 0.263 e. The van der Waals surface area contributed by atoms with Crippen LogP contribution in [-0.2, 0) is 0 Å². The number of rotatable bonds is 3. The van der Waals surface area contributed by atoms with Crippen LogP contribution in [0.5, 0.6) is 0 Å². The predicted octanol–water partition coefficient (Wildman–Crippen LogP) is 3.81. The quantitative estimate of drug-likeness (QED) is 0.735. The molecule has 116 valence electrons. The van der Waals surface area contributed by atoms with Crippen LogP contribution in [0, 0.1) is 0 Å². The third kappa shape index (κ3) is 2.71. The molecule has 6 heteroatoms. The van der Waals surface area contributed by atoms with Crippen molar-refractivity contribution in [3.63, 3.8) is 0 Å². The maximum atomic E-state index is 12.7. The van der Waals surface area contributed by atoms with Crippen LogP contribution in [0.3, 0.4) is 0 Å². The molecule has 0 saturated carbocycles. The molecule has 23 heavy (non-hydrogen) atoms. The van der Waals surface area contributed by atoms with Crippen molar-refractivity contribution >= 4 is 40.2 Å². The molecule has 0 unspecified atom stereocenters. The molecule has 1 atom stereocenters. The van der Waals surface area contributed by atoms with Crippen LogP contribution < -0.4 is 10.9 Å². The standard InChI is InChI=1S/C17H14ClN3OS/c18-11-5-7-13(8-6-11)23-10-12-9-19-17-20-15-4-2-1-3-14(15)16(22)21(12)17/h1-8,12H,9-10H2,(H,19,20)/t12-/m0/s1. The van der Waals surface area contributed by atoms with Gasteiger partial charge in [0.05, 0.1) is 16.9 Å². The Balaban J connectivity index is 1.63. The van der Waals surface area contributed by atoms with Gasteiger partial charge < -0.3 is 5.32 Å². The summed E-state index contributed by atoms with van der Waals surface area (Å²) in [7, 11) is 0. The Hall–Kier alpha value is -1.98. The van der Waals surface area contributed by atoms with Gasteiger partial charge in [-0.3, -0.25) is 9.36 Å². The molecule has 0 amide bonds. The molecule has 3 aromatic rings. The molecular formula is C17H14ClN3OS. The van der Waals surface area contributed by atoms with Crippen molar-refractivity contribution in [2.75, 3.05) is 17.6 Å². The van der Waals surface area contributed by atoms with Crippen molar-refractivity contribution in [3.8, 4) is 0 Å². The van der Waals surface area contributed by atoms with Crippen molar-refractivity contribution in [1.29, 1.82) is 0 Å². The van der Waals surface area contributed by atoms with Crippen molar-refractivity contribution in [2.45, 2.75) is 10.9 Å². The fourth-order valence-electron chi connectivity index (χ4n) is 2.77. The zero-order valence-corrected chi connectivity index (χ0v) is 13.8. The molecular weight excluding hydrogens is 330 g/mol. The molecule has 0 aliphatic carbocycles. The van der Waals surface area contributed by atoms with Gasteiger partial charge in [0.25, 0.3) is 5.56 Å². The molecule has 4 rings (SSSR count). The summed E-state index contributed by atoms with van der Waals surface area (Å²) in [5.74, 6) is 1.47. The summed E-state index contributed by atoms with van der Waals surface area (Å²) in [5, 5.41) is 4.64. The molecule has 4 nitrogen and oxygen atoms in total. The first kappa shape index (κ1) is 14.6. The number of benzene rings is 2. The third-order valence-electron chi connectivity index (χ3n) is 3.92. The van der Waals surface area contributed by atoms with Gasteiger partial charge in [-0.15, -0.1) is 11.8 Å². The largest absolute Gasteiger partial charge is 0.353 e. The smallest absolute Gasteiger partial charge is 0.263 e. The van der Waals surface area contributed by atoms with E-state index in [-0.39, 0.29) is 11.6 Å². The summed E-state index contributed by atoms with van der Waals surface area (Å²) < 4.78 is 1.78. The van der Waals surface area contributed by atoms with Crippen LogP contribution in [0.2, 0.25) is 5.02 Å². The summed E-state index contributed by atoms with van der Waals surface area (Å²) in [6.45, 7) is 0.721. The summed E-state index contributed by atoms with van der Waals surface area (Å²) in [5.41, 5.74) is 0.763. The lowest BCUT2D eigenvalue weighted by molar-refractivity contribution is 0.619. The third-order valence-corrected chi connectivity index (χ3v) is 5.33. The Kier molecular flexibility index (Phi) is 3.75. The lowest BCUT2D eigenvalue weighted by Gasteiger charge is -2.13. The number of nitrogens with zero attached hydrogens (tertiary/aromatic N) is 2. The van der Waals surface area contributed by atoms with Crippen LogP contribution in [0.4, 0.5) is 5.95 Å². The van der Waals surface area contributed by atoms with E-state index in [2.05, 4.69) is 10.3 Å². The average molecular weight is 344 g/mol. The van der Waals surface area contributed by atoms with E-state index in [0.717, 1.165) is 27.7 Å². The summed E-state index contributed by atoms with van der Waals surface area (Å²) in [6, 6.07) is 15.3. The van der Waals surface area contributed by atoms with Crippen LogP contribution >= 0.6 is 23.4 Å². The van der Waals surface area contributed by atoms with Gasteiger partial charge in [0.2, 0.25) is 5.95 Å². The highest BCUT2D eigenvalue weighted by atomic mass is 35.5. The Labute approximate surface area is 142 Å². The Morgan fingerprint density at radius 1 is 1.22 bits per heavy atom. The number of fused-ring (bicyclic) bond motifs is 2. The first-order valence-electron chi connectivity index (χ1n) is 7.36. The zero-order valence-electron chi connectivity index (χ0n) is 12.2. The fourth-order valence-corrected chi connectivity index (χ4v) is 3.87. The molecule has 1 N–H and O–H groups in total. The first-order valence-corrected chi connectivity index (χ1v) is 8.72.